The van der Waals surface area contributed by atoms with Crippen molar-refractivity contribution in [2.24, 2.45) is 0 Å². The van der Waals surface area contributed by atoms with Gasteiger partial charge >= 0.3 is 5.63 Å². The standard InChI is InChI=1S/C22H22N2O5/c1-27-17-7-4-6-16(14-17)23-9-11-24(12-10-23)21(25)18-13-15-5-3-8-19(28-2)20(15)29-22(18)26/h3-8,13-14H,9-12H2,1-2H3. The first kappa shape index (κ1) is 18.9. The largest absolute Gasteiger partial charge is 0.497 e. The third-order valence-corrected chi connectivity index (χ3v) is 5.16. The highest BCUT2D eigenvalue weighted by Crippen LogP contribution is 2.25. The molecule has 0 atom stereocenters. The molecule has 3 aromatic rings. The van der Waals surface area contributed by atoms with E-state index in [4.69, 9.17) is 13.9 Å². The van der Waals surface area contributed by atoms with Gasteiger partial charge in [0.15, 0.2) is 11.3 Å². The van der Waals surface area contributed by atoms with Crippen LogP contribution in [0.25, 0.3) is 11.0 Å². The topological polar surface area (TPSA) is 72.2 Å². The number of rotatable bonds is 4. The maximum atomic E-state index is 13.0. The van der Waals surface area contributed by atoms with Crippen LogP contribution in [-0.4, -0.2) is 51.2 Å². The Balaban J connectivity index is 1.52. The maximum Gasteiger partial charge on any atom is 0.349 e. The summed E-state index contributed by atoms with van der Waals surface area (Å²) in [6.07, 6.45) is 0. The molecule has 4 rings (SSSR count). The Kier molecular flexibility index (Phi) is 5.12. The van der Waals surface area contributed by atoms with Crippen molar-refractivity contribution in [1.82, 2.24) is 4.90 Å². The van der Waals surface area contributed by atoms with Crippen LogP contribution in [-0.2, 0) is 0 Å². The van der Waals surface area contributed by atoms with Crippen LogP contribution in [0, 0.1) is 0 Å². The molecule has 29 heavy (non-hydrogen) atoms. The van der Waals surface area contributed by atoms with Crippen molar-refractivity contribution in [3.63, 3.8) is 0 Å². The first-order valence-corrected chi connectivity index (χ1v) is 9.40. The fourth-order valence-electron chi connectivity index (χ4n) is 3.57. The van der Waals surface area contributed by atoms with E-state index in [9.17, 15) is 9.59 Å². The van der Waals surface area contributed by atoms with E-state index in [1.807, 2.05) is 24.3 Å². The average molecular weight is 394 g/mol. The summed E-state index contributed by atoms with van der Waals surface area (Å²) in [6, 6.07) is 14.7. The molecule has 2 aromatic carbocycles. The number of hydrogen-bond donors (Lipinski definition) is 0. The van der Waals surface area contributed by atoms with E-state index in [0.29, 0.717) is 42.9 Å². The van der Waals surface area contributed by atoms with E-state index in [0.717, 1.165) is 11.4 Å². The Bertz CT molecular complexity index is 1100. The fraction of sp³-hybridized carbons (Fsp3) is 0.273. The van der Waals surface area contributed by atoms with E-state index in [1.54, 1.807) is 36.3 Å². The van der Waals surface area contributed by atoms with Crippen molar-refractivity contribution in [2.75, 3.05) is 45.3 Å². The van der Waals surface area contributed by atoms with Crippen molar-refractivity contribution in [3.05, 3.63) is 64.5 Å². The van der Waals surface area contributed by atoms with Gasteiger partial charge in [-0.15, -0.1) is 0 Å². The molecule has 7 heteroatoms. The minimum Gasteiger partial charge on any atom is -0.497 e. The second kappa shape index (κ2) is 7.87. The van der Waals surface area contributed by atoms with Gasteiger partial charge in [0.25, 0.3) is 5.91 Å². The van der Waals surface area contributed by atoms with Gasteiger partial charge < -0.3 is 23.7 Å². The number of carbonyl (C=O) groups excluding carboxylic acids is 1. The molecule has 0 saturated carbocycles. The summed E-state index contributed by atoms with van der Waals surface area (Å²) in [6.45, 7) is 2.38. The molecule has 1 amide bonds. The van der Waals surface area contributed by atoms with E-state index in [-0.39, 0.29) is 11.5 Å². The zero-order valence-corrected chi connectivity index (χ0v) is 16.4. The van der Waals surface area contributed by atoms with Gasteiger partial charge in [0.2, 0.25) is 0 Å². The number of carbonyl (C=O) groups is 1. The smallest absolute Gasteiger partial charge is 0.349 e. The van der Waals surface area contributed by atoms with Crippen LogP contribution in [0.5, 0.6) is 11.5 Å². The summed E-state index contributed by atoms with van der Waals surface area (Å²) in [7, 11) is 3.15. The number of methoxy groups -OCH3 is 2. The number of anilines is 1. The Morgan fingerprint density at radius 1 is 0.966 bits per heavy atom. The molecule has 0 N–H and O–H groups in total. The fourth-order valence-corrected chi connectivity index (χ4v) is 3.57. The number of nitrogens with zero attached hydrogens (tertiary/aromatic N) is 2. The Hall–Kier alpha value is -3.48. The molecular formula is C22H22N2O5. The van der Waals surface area contributed by atoms with Crippen LogP contribution in [0.1, 0.15) is 10.4 Å². The number of para-hydroxylation sites is 1. The lowest BCUT2D eigenvalue weighted by Gasteiger charge is -2.36. The first-order valence-electron chi connectivity index (χ1n) is 9.40. The summed E-state index contributed by atoms with van der Waals surface area (Å²) >= 11 is 0. The van der Waals surface area contributed by atoms with Gasteiger partial charge in [0, 0.05) is 43.3 Å². The number of ether oxygens (including phenoxy) is 2. The summed E-state index contributed by atoms with van der Waals surface area (Å²) in [4.78, 5) is 29.3. The molecule has 1 saturated heterocycles. The van der Waals surface area contributed by atoms with Gasteiger partial charge in [-0.3, -0.25) is 4.79 Å². The van der Waals surface area contributed by atoms with Crippen LogP contribution in [0.15, 0.2) is 57.7 Å². The molecule has 7 nitrogen and oxygen atoms in total. The molecule has 0 aliphatic carbocycles. The number of piperazine rings is 1. The van der Waals surface area contributed by atoms with E-state index < -0.39 is 5.63 Å². The molecule has 0 bridgehead atoms. The molecule has 1 aromatic heterocycles. The van der Waals surface area contributed by atoms with Gasteiger partial charge in [-0.25, -0.2) is 4.79 Å². The number of amides is 1. The van der Waals surface area contributed by atoms with Crippen molar-refractivity contribution in [3.8, 4) is 11.5 Å². The number of fused-ring (bicyclic) bond motifs is 1. The van der Waals surface area contributed by atoms with E-state index >= 15 is 0 Å². The molecule has 1 aliphatic rings. The highest BCUT2D eigenvalue weighted by Gasteiger charge is 2.25. The summed E-state index contributed by atoms with van der Waals surface area (Å²) in [5.41, 5.74) is 0.788. The van der Waals surface area contributed by atoms with Gasteiger partial charge in [-0.2, -0.15) is 0 Å². The summed E-state index contributed by atoms with van der Waals surface area (Å²) in [5.74, 6) is 0.949. The minimum atomic E-state index is -0.651. The second-order valence-electron chi connectivity index (χ2n) is 6.81. The average Bonchev–Trinajstić information content (AvgIpc) is 2.78. The zero-order chi connectivity index (χ0) is 20.4. The van der Waals surface area contributed by atoms with Crippen molar-refractivity contribution < 1.29 is 18.7 Å². The second-order valence-corrected chi connectivity index (χ2v) is 6.81. The van der Waals surface area contributed by atoms with E-state index in [2.05, 4.69) is 4.90 Å². The molecule has 1 aliphatic heterocycles. The molecule has 2 heterocycles. The van der Waals surface area contributed by atoms with Gasteiger partial charge in [0.1, 0.15) is 11.3 Å². The highest BCUT2D eigenvalue weighted by atomic mass is 16.5. The lowest BCUT2D eigenvalue weighted by Crippen LogP contribution is -2.49. The first-order chi connectivity index (χ1) is 14.1. The Morgan fingerprint density at radius 2 is 1.72 bits per heavy atom. The normalized spacial score (nSPS) is 14.1. The van der Waals surface area contributed by atoms with Crippen molar-refractivity contribution >= 4 is 22.6 Å². The predicted octanol–water partition coefficient (Wildman–Crippen LogP) is 2.77. The van der Waals surface area contributed by atoms with Gasteiger partial charge in [-0.1, -0.05) is 18.2 Å². The van der Waals surface area contributed by atoms with Crippen LogP contribution in [0.4, 0.5) is 5.69 Å². The number of hydrogen-bond acceptors (Lipinski definition) is 6. The summed E-state index contributed by atoms with van der Waals surface area (Å²) < 4.78 is 15.9. The van der Waals surface area contributed by atoms with Crippen LogP contribution < -0.4 is 20.0 Å². The monoisotopic (exact) mass is 394 g/mol. The summed E-state index contributed by atoms with van der Waals surface area (Å²) in [5, 5.41) is 0.655. The van der Waals surface area contributed by atoms with Crippen molar-refractivity contribution in [1.29, 1.82) is 0 Å². The van der Waals surface area contributed by atoms with Gasteiger partial charge in [-0.05, 0) is 24.3 Å². The third kappa shape index (κ3) is 3.63. The molecule has 0 spiro atoms. The molecular weight excluding hydrogens is 372 g/mol. The Labute approximate surface area is 168 Å². The molecule has 1 fully saturated rings. The Morgan fingerprint density at radius 3 is 2.45 bits per heavy atom. The number of benzene rings is 2. The van der Waals surface area contributed by atoms with Crippen LogP contribution in [0.2, 0.25) is 0 Å². The SMILES string of the molecule is COc1cccc(N2CCN(C(=O)c3cc4cccc(OC)c4oc3=O)CC2)c1. The molecule has 0 unspecified atom stereocenters. The highest BCUT2D eigenvalue weighted by molar-refractivity contribution is 5.97. The van der Waals surface area contributed by atoms with Crippen LogP contribution >= 0.6 is 0 Å². The predicted molar refractivity (Wildman–Crippen MR) is 110 cm³/mol. The van der Waals surface area contributed by atoms with Crippen molar-refractivity contribution in [2.45, 2.75) is 0 Å². The van der Waals surface area contributed by atoms with Gasteiger partial charge in [0.05, 0.1) is 14.2 Å². The maximum absolute atomic E-state index is 13.0. The lowest BCUT2D eigenvalue weighted by molar-refractivity contribution is 0.0742. The lowest BCUT2D eigenvalue weighted by atomic mass is 10.1. The minimum absolute atomic E-state index is 0.0422. The van der Waals surface area contributed by atoms with Crippen LogP contribution in [0.3, 0.4) is 0 Å². The third-order valence-electron chi connectivity index (χ3n) is 5.16. The zero-order valence-electron chi connectivity index (χ0n) is 16.4. The van der Waals surface area contributed by atoms with E-state index in [1.165, 1.54) is 7.11 Å². The molecule has 150 valence electrons. The quantitative estimate of drug-likeness (QED) is 0.634. The molecule has 0 radical (unpaired) electrons.